The van der Waals surface area contributed by atoms with Crippen molar-refractivity contribution >= 4 is 6.29 Å². The first kappa shape index (κ1) is 9.77. The van der Waals surface area contributed by atoms with Crippen molar-refractivity contribution in [2.24, 2.45) is 5.73 Å². The van der Waals surface area contributed by atoms with Crippen LogP contribution in [0.15, 0.2) is 0 Å². The molecule has 0 aliphatic carbocycles. The van der Waals surface area contributed by atoms with Crippen molar-refractivity contribution in [2.45, 2.75) is 12.8 Å². The van der Waals surface area contributed by atoms with Crippen LogP contribution in [0.3, 0.4) is 0 Å². The molecule has 0 heterocycles. The Morgan fingerprint density at radius 2 is 2.14 bits per heavy atom. The summed E-state index contributed by atoms with van der Waals surface area (Å²) in [5, 5.41) is 0. The average Bonchev–Trinajstić information content (AvgIpc) is 1.61. The zero-order valence-corrected chi connectivity index (χ0v) is 4.18. The molecule has 0 saturated carbocycles. The largest absolute Gasteiger partial charge is 0.412 e. The summed E-state index contributed by atoms with van der Waals surface area (Å²) in [4.78, 5) is 9.51. The van der Waals surface area contributed by atoms with Crippen molar-refractivity contribution in [3.63, 3.8) is 0 Å². The molecule has 0 amide bonds. The van der Waals surface area contributed by atoms with E-state index in [4.69, 9.17) is 5.73 Å². The highest BCUT2D eigenvalue weighted by Gasteiger charge is 1.74. The summed E-state index contributed by atoms with van der Waals surface area (Å²) >= 11 is 0. The molecule has 0 fully saturated rings. The standard InChI is InChI=1S/C4H9NO.H2O/c5-3-1-2-4-6;/h4H,1-3,5H2;1H2. The molecule has 0 aliphatic rings. The first-order valence-corrected chi connectivity index (χ1v) is 2.05. The second-order valence-electron chi connectivity index (χ2n) is 1.10. The van der Waals surface area contributed by atoms with E-state index in [-0.39, 0.29) is 5.48 Å². The predicted molar refractivity (Wildman–Crippen MR) is 28.0 cm³/mol. The van der Waals surface area contributed by atoms with E-state index in [1.54, 1.807) is 0 Å². The Bertz CT molecular complexity index is 38.7. The normalized spacial score (nSPS) is 7.00. The third kappa shape index (κ3) is 10.7. The van der Waals surface area contributed by atoms with Gasteiger partial charge >= 0.3 is 0 Å². The molecule has 7 heavy (non-hydrogen) atoms. The summed E-state index contributed by atoms with van der Waals surface area (Å²) in [7, 11) is 0. The number of nitrogens with two attached hydrogens (primary N) is 1. The lowest BCUT2D eigenvalue weighted by Crippen LogP contribution is -1.97. The summed E-state index contributed by atoms with van der Waals surface area (Å²) in [6, 6.07) is 0. The van der Waals surface area contributed by atoms with Crippen LogP contribution < -0.4 is 5.73 Å². The van der Waals surface area contributed by atoms with Gasteiger partial charge in [0, 0.05) is 6.42 Å². The van der Waals surface area contributed by atoms with Gasteiger partial charge in [0.15, 0.2) is 0 Å². The van der Waals surface area contributed by atoms with Crippen molar-refractivity contribution in [1.82, 2.24) is 0 Å². The van der Waals surface area contributed by atoms with Crippen LogP contribution in [0.25, 0.3) is 0 Å². The van der Waals surface area contributed by atoms with Crippen molar-refractivity contribution < 1.29 is 10.3 Å². The molecule has 0 unspecified atom stereocenters. The van der Waals surface area contributed by atoms with E-state index < -0.39 is 0 Å². The Morgan fingerprint density at radius 3 is 2.29 bits per heavy atom. The third-order valence-corrected chi connectivity index (χ3v) is 0.526. The molecule has 0 spiro atoms. The molecule has 44 valence electrons. The fourth-order valence-corrected chi connectivity index (χ4v) is 0.201. The Labute approximate surface area is 42.8 Å². The van der Waals surface area contributed by atoms with Crippen LogP contribution in [0.4, 0.5) is 0 Å². The predicted octanol–water partition coefficient (Wildman–Crippen LogP) is -0.900. The number of carbonyl (C=O) groups excluding carboxylic acids is 1. The number of hydrogen-bond donors (Lipinski definition) is 1. The lowest BCUT2D eigenvalue weighted by Gasteiger charge is -1.79. The van der Waals surface area contributed by atoms with Crippen molar-refractivity contribution in [3.8, 4) is 0 Å². The maximum absolute atomic E-state index is 9.51. The molecule has 3 nitrogen and oxygen atoms in total. The summed E-state index contributed by atoms with van der Waals surface area (Å²) in [5.41, 5.74) is 5.06. The van der Waals surface area contributed by atoms with E-state index in [0.29, 0.717) is 13.0 Å². The van der Waals surface area contributed by atoms with E-state index in [2.05, 4.69) is 0 Å². The Morgan fingerprint density at radius 1 is 1.57 bits per heavy atom. The fourth-order valence-electron chi connectivity index (χ4n) is 0.201. The lowest BCUT2D eigenvalue weighted by molar-refractivity contribution is -0.107. The van der Waals surface area contributed by atoms with E-state index >= 15 is 0 Å². The molecule has 4 N–H and O–H groups in total. The smallest absolute Gasteiger partial charge is 0.120 e. The molecule has 0 radical (unpaired) electrons. The van der Waals surface area contributed by atoms with Gasteiger partial charge in [-0.3, -0.25) is 0 Å². The number of carbonyl (C=O) groups is 1. The first-order chi connectivity index (χ1) is 2.91. The SMILES string of the molecule is NCCCC=O.O. The summed E-state index contributed by atoms with van der Waals surface area (Å²) in [6.45, 7) is 0.624. The zero-order chi connectivity index (χ0) is 4.83. The number of unbranched alkanes of at least 4 members (excludes halogenated alkanes) is 1. The van der Waals surface area contributed by atoms with Gasteiger partial charge in [-0.25, -0.2) is 0 Å². The van der Waals surface area contributed by atoms with Crippen LogP contribution >= 0.6 is 0 Å². The summed E-state index contributed by atoms with van der Waals surface area (Å²) < 4.78 is 0. The van der Waals surface area contributed by atoms with Crippen LogP contribution in [-0.2, 0) is 4.79 Å². The summed E-state index contributed by atoms with van der Waals surface area (Å²) in [6.07, 6.45) is 2.31. The number of hydrogen-bond acceptors (Lipinski definition) is 2. The Hall–Kier alpha value is -0.410. The Kier molecular flexibility index (Phi) is 12.8. The minimum Gasteiger partial charge on any atom is -0.412 e. The maximum atomic E-state index is 9.51. The topological polar surface area (TPSA) is 74.6 Å². The average molecular weight is 105 g/mol. The first-order valence-electron chi connectivity index (χ1n) is 2.05. The molecule has 0 atom stereocenters. The maximum Gasteiger partial charge on any atom is 0.120 e. The lowest BCUT2D eigenvalue weighted by atomic mass is 10.3. The van der Waals surface area contributed by atoms with E-state index in [1.165, 1.54) is 0 Å². The van der Waals surface area contributed by atoms with Gasteiger partial charge in [-0.1, -0.05) is 0 Å². The van der Waals surface area contributed by atoms with Gasteiger partial charge in [-0.2, -0.15) is 0 Å². The molecular weight excluding hydrogens is 94.0 g/mol. The van der Waals surface area contributed by atoms with Crippen LogP contribution in [0.2, 0.25) is 0 Å². The monoisotopic (exact) mass is 105 g/mol. The van der Waals surface area contributed by atoms with Crippen LogP contribution in [0, 0.1) is 0 Å². The molecule has 0 rings (SSSR count). The van der Waals surface area contributed by atoms with Gasteiger partial charge in [-0.15, -0.1) is 0 Å². The van der Waals surface area contributed by atoms with Crippen LogP contribution in [0.1, 0.15) is 12.8 Å². The van der Waals surface area contributed by atoms with Crippen LogP contribution in [0.5, 0.6) is 0 Å². The molecule has 0 aromatic carbocycles. The Balaban J connectivity index is 0. The van der Waals surface area contributed by atoms with Crippen molar-refractivity contribution in [1.29, 1.82) is 0 Å². The molecule has 0 bridgehead atoms. The third-order valence-electron chi connectivity index (χ3n) is 0.526. The van der Waals surface area contributed by atoms with Crippen molar-refractivity contribution in [2.75, 3.05) is 6.54 Å². The van der Waals surface area contributed by atoms with Gasteiger partial charge in [0.05, 0.1) is 0 Å². The van der Waals surface area contributed by atoms with Gasteiger partial charge in [0.2, 0.25) is 0 Å². The van der Waals surface area contributed by atoms with E-state index in [0.717, 1.165) is 12.7 Å². The quantitative estimate of drug-likeness (QED) is 0.373. The molecule has 3 heteroatoms. The minimum absolute atomic E-state index is 0. The molecular formula is C4H11NO2. The van der Waals surface area contributed by atoms with Gasteiger partial charge < -0.3 is 16.0 Å². The highest BCUT2D eigenvalue weighted by molar-refractivity contribution is 5.48. The van der Waals surface area contributed by atoms with Crippen LogP contribution in [-0.4, -0.2) is 18.3 Å². The summed E-state index contributed by atoms with van der Waals surface area (Å²) in [5.74, 6) is 0. The second kappa shape index (κ2) is 9.14. The van der Waals surface area contributed by atoms with E-state index in [1.807, 2.05) is 0 Å². The second-order valence-corrected chi connectivity index (χ2v) is 1.10. The minimum atomic E-state index is 0. The number of aldehydes is 1. The molecule has 0 aromatic heterocycles. The van der Waals surface area contributed by atoms with Gasteiger partial charge in [0.1, 0.15) is 6.29 Å². The molecule has 0 saturated heterocycles. The number of rotatable bonds is 3. The van der Waals surface area contributed by atoms with E-state index in [9.17, 15) is 4.79 Å². The van der Waals surface area contributed by atoms with Gasteiger partial charge in [0.25, 0.3) is 0 Å². The highest BCUT2D eigenvalue weighted by atomic mass is 16.1. The zero-order valence-electron chi connectivity index (χ0n) is 4.18. The fraction of sp³-hybridized carbons (Fsp3) is 0.750. The molecule has 0 aromatic rings. The van der Waals surface area contributed by atoms with Crippen molar-refractivity contribution in [3.05, 3.63) is 0 Å². The molecule has 0 aliphatic heterocycles. The van der Waals surface area contributed by atoms with Gasteiger partial charge in [-0.05, 0) is 13.0 Å². The highest BCUT2D eigenvalue weighted by Crippen LogP contribution is 1.75.